The van der Waals surface area contributed by atoms with E-state index in [-0.39, 0.29) is 0 Å². The second-order valence-electron chi connectivity index (χ2n) is 6.66. The van der Waals surface area contributed by atoms with Gasteiger partial charge in [-0.1, -0.05) is 0 Å². The molecule has 0 radical (unpaired) electrons. The van der Waals surface area contributed by atoms with Crippen LogP contribution in [0.25, 0.3) is 10.9 Å². The number of aryl methyl sites for hydroxylation is 1. The van der Waals surface area contributed by atoms with Crippen LogP contribution in [0.2, 0.25) is 0 Å². The average Bonchev–Trinajstić information content (AvgIpc) is 2.69. The van der Waals surface area contributed by atoms with Gasteiger partial charge in [0, 0.05) is 37.3 Å². The minimum Gasteiger partial charge on any atom is -0.378 e. The Bertz CT molecular complexity index is 801. The molecule has 0 atom stereocenters. The van der Waals surface area contributed by atoms with Crippen molar-refractivity contribution in [2.75, 3.05) is 62.8 Å². The summed E-state index contributed by atoms with van der Waals surface area (Å²) in [6, 6.07) is 8.41. The molecule has 2 aliphatic rings. The molecule has 26 heavy (non-hydrogen) atoms. The van der Waals surface area contributed by atoms with Crippen LogP contribution in [0.1, 0.15) is 5.56 Å². The molecular formula is C19H24N4O2S. The molecule has 2 fully saturated rings. The average molecular weight is 372 g/mol. The number of aromatic nitrogens is 1. The van der Waals surface area contributed by atoms with E-state index < -0.39 is 0 Å². The van der Waals surface area contributed by atoms with E-state index in [0.29, 0.717) is 0 Å². The molecule has 138 valence electrons. The topological polar surface area (TPSA) is 49.9 Å². The number of nitrogens with zero attached hydrogens (tertiary/aromatic N) is 3. The quantitative estimate of drug-likeness (QED) is 0.813. The second-order valence-corrected chi connectivity index (χ2v) is 7.04. The third kappa shape index (κ3) is 3.75. The van der Waals surface area contributed by atoms with Gasteiger partial charge in [-0.2, -0.15) is 0 Å². The predicted octanol–water partition coefficient (Wildman–Crippen LogP) is 2.41. The lowest BCUT2D eigenvalue weighted by Crippen LogP contribution is -2.42. The number of anilines is 2. The second kappa shape index (κ2) is 7.73. The third-order valence-corrected chi connectivity index (χ3v) is 5.25. The molecule has 0 amide bonds. The highest BCUT2D eigenvalue weighted by Crippen LogP contribution is 2.26. The molecule has 0 unspecified atom stereocenters. The zero-order valence-electron chi connectivity index (χ0n) is 15.0. The van der Waals surface area contributed by atoms with Crippen molar-refractivity contribution in [2.24, 2.45) is 0 Å². The minimum atomic E-state index is 0.729. The first-order valence-corrected chi connectivity index (χ1v) is 9.49. The number of thiocarbonyl (C=S) groups is 1. The summed E-state index contributed by atoms with van der Waals surface area (Å²) in [7, 11) is 0. The molecule has 7 heteroatoms. The molecule has 2 aliphatic heterocycles. The summed E-state index contributed by atoms with van der Waals surface area (Å²) < 4.78 is 10.8. The number of pyridine rings is 1. The van der Waals surface area contributed by atoms with E-state index in [4.69, 9.17) is 26.7 Å². The normalized spacial score (nSPS) is 18.2. The first-order valence-electron chi connectivity index (χ1n) is 9.08. The maximum atomic E-state index is 5.54. The van der Waals surface area contributed by atoms with Gasteiger partial charge in [-0.05, 0) is 49.0 Å². The van der Waals surface area contributed by atoms with E-state index >= 15 is 0 Å². The Balaban J connectivity index is 1.55. The van der Waals surface area contributed by atoms with Crippen molar-refractivity contribution < 1.29 is 9.47 Å². The Kier molecular flexibility index (Phi) is 5.19. The number of benzene rings is 1. The van der Waals surface area contributed by atoms with Crippen LogP contribution >= 0.6 is 12.2 Å². The van der Waals surface area contributed by atoms with Crippen LogP contribution in [-0.2, 0) is 9.47 Å². The summed E-state index contributed by atoms with van der Waals surface area (Å²) in [5.74, 6) is 1.03. The van der Waals surface area contributed by atoms with Crippen molar-refractivity contribution >= 4 is 39.7 Å². The molecule has 4 rings (SSSR count). The number of fused-ring (bicyclic) bond motifs is 1. The van der Waals surface area contributed by atoms with Crippen molar-refractivity contribution in [3.8, 4) is 0 Å². The maximum absolute atomic E-state index is 5.54. The highest BCUT2D eigenvalue weighted by Gasteiger charge is 2.16. The van der Waals surface area contributed by atoms with Crippen molar-refractivity contribution in [1.29, 1.82) is 0 Å². The molecule has 0 spiro atoms. The van der Waals surface area contributed by atoms with Crippen LogP contribution in [0.15, 0.2) is 24.3 Å². The molecule has 2 aromatic rings. The van der Waals surface area contributed by atoms with Gasteiger partial charge in [0.25, 0.3) is 0 Å². The lowest BCUT2D eigenvalue weighted by atomic mass is 10.1. The minimum absolute atomic E-state index is 0.729. The van der Waals surface area contributed by atoms with Crippen LogP contribution in [0.5, 0.6) is 0 Å². The highest BCUT2D eigenvalue weighted by atomic mass is 32.1. The number of nitrogens with one attached hydrogen (secondary N) is 1. The van der Waals surface area contributed by atoms with Gasteiger partial charge >= 0.3 is 0 Å². The maximum Gasteiger partial charge on any atom is 0.173 e. The number of rotatable bonds is 2. The Morgan fingerprint density at radius 3 is 2.46 bits per heavy atom. The van der Waals surface area contributed by atoms with Gasteiger partial charge < -0.3 is 24.6 Å². The fraction of sp³-hybridized carbons (Fsp3) is 0.474. The van der Waals surface area contributed by atoms with Crippen LogP contribution in [0, 0.1) is 6.92 Å². The van der Waals surface area contributed by atoms with Crippen LogP contribution in [-0.4, -0.2) is 67.6 Å². The Hall–Kier alpha value is -1.96. The predicted molar refractivity (Wildman–Crippen MR) is 108 cm³/mol. The zero-order valence-corrected chi connectivity index (χ0v) is 15.8. The highest BCUT2D eigenvalue weighted by molar-refractivity contribution is 7.80. The number of hydrogen-bond donors (Lipinski definition) is 1. The fourth-order valence-corrected chi connectivity index (χ4v) is 3.68. The molecule has 0 aliphatic carbocycles. The Morgan fingerprint density at radius 2 is 1.73 bits per heavy atom. The molecule has 2 saturated heterocycles. The molecule has 1 aromatic carbocycles. The van der Waals surface area contributed by atoms with E-state index in [2.05, 4.69) is 40.2 Å². The van der Waals surface area contributed by atoms with Gasteiger partial charge in [0.15, 0.2) is 5.11 Å². The number of ether oxygens (including phenoxy) is 2. The van der Waals surface area contributed by atoms with Crippen molar-refractivity contribution in [2.45, 2.75) is 6.92 Å². The molecule has 1 aromatic heterocycles. The number of hydrogen-bond acceptors (Lipinski definition) is 5. The first-order chi connectivity index (χ1) is 12.7. The van der Waals surface area contributed by atoms with Gasteiger partial charge in [0.2, 0.25) is 0 Å². The van der Waals surface area contributed by atoms with Gasteiger partial charge in [0.05, 0.1) is 31.9 Å². The Labute approximate surface area is 159 Å². The summed E-state index contributed by atoms with van der Waals surface area (Å²) in [6.07, 6.45) is 0. The zero-order chi connectivity index (χ0) is 17.9. The van der Waals surface area contributed by atoms with Gasteiger partial charge in [-0.3, -0.25) is 0 Å². The fourth-order valence-electron chi connectivity index (χ4n) is 3.38. The molecule has 0 bridgehead atoms. The van der Waals surface area contributed by atoms with E-state index in [0.717, 1.165) is 80.1 Å². The summed E-state index contributed by atoms with van der Waals surface area (Å²) in [5, 5.41) is 5.26. The summed E-state index contributed by atoms with van der Waals surface area (Å²) >= 11 is 5.54. The molecule has 1 N–H and O–H groups in total. The lowest BCUT2D eigenvalue weighted by molar-refractivity contribution is 0.0690. The summed E-state index contributed by atoms with van der Waals surface area (Å²) in [5.41, 5.74) is 3.23. The largest absolute Gasteiger partial charge is 0.378 e. The van der Waals surface area contributed by atoms with Gasteiger partial charge in [-0.15, -0.1) is 0 Å². The van der Waals surface area contributed by atoms with Gasteiger partial charge in [-0.25, -0.2) is 4.98 Å². The summed E-state index contributed by atoms with van der Waals surface area (Å²) in [6.45, 7) is 8.58. The SMILES string of the molecule is Cc1cc(N2CCOCC2)nc2ccc(NC(=S)N3CCOCC3)cc12. The van der Waals surface area contributed by atoms with E-state index in [9.17, 15) is 0 Å². The third-order valence-electron chi connectivity index (χ3n) is 4.89. The summed E-state index contributed by atoms with van der Waals surface area (Å²) in [4.78, 5) is 9.29. The smallest absolute Gasteiger partial charge is 0.173 e. The number of morpholine rings is 2. The van der Waals surface area contributed by atoms with E-state index in [1.54, 1.807) is 0 Å². The molecule has 3 heterocycles. The lowest BCUT2D eigenvalue weighted by Gasteiger charge is -2.29. The molecule has 0 saturated carbocycles. The van der Waals surface area contributed by atoms with Crippen molar-refractivity contribution in [3.63, 3.8) is 0 Å². The standard InChI is InChI=1S/C19H24N4O2S/c1-14-12-18(22-4-8-24-9-5-22)21-17-3-2-15(13-16(14)17)20-19(26)23-6-10-25-11-7-23/h2-3,12-13H,4-11H2,1H3,(H,20,26). The monoisotopic (exact) mass is 372 g/mol. The van der Waals surface area contributed by atoms with Crippen molar-refractivity contribution in [1.82, 2.24) is 9.88 Å². The van der Waals surface area contributed by atoms with Crippen LogP contribution in [0.3, 0.4) is 0 Å². The van der Waals surface area contributed by atoms with E-state index in [1.807, 2.05) is 6.07 Å². The van der Waals surface area contributed by atoms with Crippen LogP contribution < -0.4 is 10.2 Å². The van der Waals surface area contributed by atoms with Gasteiger partial charge in [0.1, 0.15) is 5.82 Å². The van der Waals surface area contributed by atoms with Crippen molar-refractivity contribution in [3.05, 3.63) is 29.8 Å². The first kappa shape index (κ1) is 17.5. The molecular weight excluding hydrogens is 348 g/mol. The van der Waals surface area contributed by atoms with E-state index in [1.165, 1.54) is 5.56 Å². The van der Waals surface area contributed by atoms with Crippen LogP contribution in [0.4, 0.5) is 11.5 Å². The molecule has 6 nitrogen and oxygen atoms in total. The Morgan fingerprint density at radius 1 is 1.04 bits per heavy atom.